The van der Waals surface area contributed by atoms with E-state index in [-0.39, 0.29) is 58.7 Å². The Bertz CT molecular complexity index is 1370. The van der Waals surface area contributed by atoms with Crippen LogP contribution >= 0.6 is 35.3 Å². The van der Waals surface area contributed by atoms with Crippen molar-refractivity contribution in [2.24, 2.45) is 0 Å². The Kier molecular flexibility index (Phi) is 45.3. The molecule has 12 nitrogen and oxygen atoms in total. The zero-order valence-corrected chi connectivity index (χ0v) is 46.5. The van der Waals surface area contributed by atoms with Crippen molar-refractivity contribution >= 4 is 53.2 Å². The highest BCUT2D eigenvalue weighted by Gasteiger charge is 2.17. The molecule has 0 aliphatic carbocycles. The molecule has 402 valence electrons. The van der Waals surface area contributed by atoms with E-state index in [4.69, 9.17) is 14.2 Å². The topological polar surface area (TPSA) is 145 Å². The highest BCUT2D eigenvalue weighted by molar-refractivity contribution is 7.99. The molecule has 1 rings (SSSR count). The van der Waals surface area contributed by atoms with Gasteiger partial charge >= 0.3 is 35.0 Å². The molecule has 0 amide bonds. The summed E-state index contributed by atoms with van der Waals surface area (Å²) in [5, 5.41) is 0. The number of thioether (sulfide) groups is 3. The molecule has 1 aromatic rings. The normalized spacial score (nSPS) is 11.3. The van der Waals surface area contributed by atoms with Crippen LogP contribution in [-0.4, -0.2) is 85.9 Å². The number of carbonyl (C=O) groups excluding carboxylic acids is 3. The van der Waals surface area contributed by atoms with Gasteiger partial charge in [-0.15, -0.1) is 0 Å². The quantitative estimate of drug-likeness (QED) is 0.0348. The van der Waals surface area contributed by atoms with E-state index in [0.29, 0.717) is 19.3 Å². The van der Waals surface area contributed by atoms with Gasteiger partial charge in [-0.1, -0.05) is 175 Å². The maximum Gasteiger partial charge on any atom is 0.336 e. The summed E-state index contributed by atoms with van der Waals surface area (Å²) in [4.78, 5) is 78.4. The van der Waals surface area contributed by atoms with Gasteiger partial charge in [-0.2, -0.15) is 35.3 Å². The maximum atomic E-state index is 13.6. The second kappa shape index (κ2) is 48.2. The third kappa shape index (κ3) is 37.3. The van der Waals surface area contributed by atoms with Crippen LogP contribution in [0.1, 0.15) is 233 Å². The number of esters is 3. The monoisotopic (exact) mass is 1030 g/mol. The molecule has 0 unspecified atom stereocenters. The molecular formula is C54H99N3O9S3. The van der Waals surface area contributed by atoms with Crippen LogP contribution < -0.4 is 17.1 Å². The van der Waals surface area contributed by atoms with E-state index in [1.54, 1.807) is 0 Å². The van der Waals surface area contributed by atoms with E-state index in [1.165, 1.54) is 173 Å². The van der Waals surface area contributed by atoms with Crippen LogP contribution in [-0.2, 0) is 48.2 Å². The summed E-state index contributed by atoms with van der Waals surface area (Å²) in [6.45, 7) is 5.26. The van der Waals surface area contributed by atoms with E-state index in [0.717, 1.165) is 48.2 Å². The summed E-state index contributed by atoms with van der Waals surface area (Å²) in [6.07, 6.45) is 37.7. The highest BCUT2D eigenvalue weighted by atomic mass is 32.2. The van der Waals surface area contributed by atoms with Crippen LogP contribution in [0, 0.1) is 0 Å². The van der Waals surface area contributed by atoms with Gasteiger partial charge in [0.15, 0.2) is 0 Å². The largest absolute Gasteiger partial charge is 0.464 e. The predicted molar refractivity (Wildman–Crippen MR) is 293 cm³/mol. The van der Waals surface area contributed by atoms with Crippen molar-refractivity contribution in [3.63, 3.8) is 0 Å². The number of carbonyl (C=O) groups is 3. The minimum Gasteiger partial charge on any atom is -0.464 e. The van der Waals surface area contributed by atoms with Crippen molar-refractivity contribution < 1.29 is 28.6 Å². The summed E-state index contributed by atoms with van der Waals surface area (Å²) < 4.78 is 18.8. The van der Waals surface area contributed by atoms with Gasteiger partial charge in [0.25, 0.3) is 0 Å². The minimum atomic E-state index is -0.883. The lowest BCUT2D eigenvalue weighted by Gasteiger charge is -2.14. The summed E-state index contributed by atoms with van der Waals surface area (Å²) in [6, 6.07) is 0. The van der Waals surface area contributed by atoms with Gasteiger partial charge < -0.3 is 14.2 Å². The average molecular weight is 1030 g/mol. The van der Waals surface area contributed by atoms with Crippen molar-refractivity contribution in [2.75, 3.05) is 54.3 Å². The first-order valence-electron chi connectivity index (χ1n) is 27.9. The Hall–Kier alpha value is -2.13. The third-order valence-corrected chi connectivity index (χ3v) is 15.8. The molecule has 0 aromatic carbocycles. The summed E-state index contributed by atoms with van der Waals surface area (Å²) in [7, 11) is 0. The molecule has 0 fully saturated rings. The van der Waals surface area contributed by atoms with Gasteiger partial charge in [0, 0.05) is 19.3 Å². The molecule has 0 atom stereocenters. The molecule has 69 heavy (non-hydrogen) atoms. The zero-order valence-electron chi connectivity index (χ0n) is 44.1. The van der Waals surface area contributed by atoms with Gasteiger partial charge in [-0.05, 0) is 73.0 Å². The summed E-state index contributed by atoms with van der Waals surface area (Å²) in [5.74, 6) is 4.55. The Morgan fingerprint density at radius 2 is 0.522 bits per heavy atom. The molecular weight excluding hydrogens is 931 g/mol. The summed E-state index contributed by atoms with van der Waals surface area (Å²) >= 11 is 5.53. The van der Waals surface area contributed by atoms with E-state index in [2.05, 4.69) is 20.8 Å². The fraction of sp³-hybridized carbons (Fsp3) is 0.889. The van der Waals surface area contributed by atoms with Gasteiger partial charge in [-0.3, -0.25) is 14.4 Å². The molecule has 0 aliphatic rings. The zero-order chi connectivity index (χ0) is 50.3. The lowest BCUT2D eigenvalue weighted by atomic mass is 10.1. The summed E-state index contributed by atoms with van der Waals surface area (Å²) in [5.41, 5.74) is -2.65. The average Bonchev–Trinajstić information content (AvgIpc) is 3.34. The fourth-order valence-corrected chi connectivity index (χ4v) is 10.9. The fourth-order valence-electron chi connectivity index (χ4n) is 8.03. The van der Waals surface area contributed by atoms with Crippen molar-refractivity contribution in [1.82, 2.24) is 13.7 Å². The molecule has 0 saturated carbocycles. The van der Waals surface area contributed by atoms with Crippen molar-refractivity contribution in [3.05, 3.63) is 31.5 Å². The van der Waals surface area contributed by atoms with E-state index in [9.17, 15) is 28.8 Å². The molecule has 1 heterocycles. The number of aromatic nitrogens is 3. The number of rotatable bonds is 51. The molecule has 0 bridgehead atoms. The van der Waals surface area contributed by atoms with Gasteiger partial charge in [0.1, 0.15) is 19.8 Å². The lowest BCUT2D eigenvalue weighted by molar-refractivity contribution is -0.144. The molecule has 0 aliphatic heterocycles. The van der Waals surface area contributed by atoms with Gasteiger partial charge in [-0.25, -0.2) is 28.1 Å². The Labute approximate surface area is 431 Å². The molecule has 0 saturated heterocycles. The van der Waals surface area contributed by atoms with Crippen molar-refractivity contribution in [3.8, 4) is 0 Å². The standard InChI is InChI=1S/C54H99N3O9S3/c1-4-7-10-13-16-19-22-25-28-43-67-46-31-34-49(58)64-40-37-55-52(61)56(38-41-65-50(59)35-32-47-68-44-29-26-23-20-17-14-11-8-5-2)54(63)57(53(55)62)39-42-66-51(60)36-33-48-69-45-30-27-24-21-18-15-12-9-6-3/h4-48H2,1-3H3. The van der Waals surface area contributed by atoms with Crippen molar-refractivity contribution in [2.45, 2.75) is 252 Å². The van der Waals surface area contributed by atoms with Gasteiger partial charge in [0.05, 0.1) is 19.6 Å². The number of ether oxygens (including phenoxy) is 3. The number of hydrogen-bond acceptors (Lipinski definition) is 12. The Balaban J connectivity index is 2.61. The first-order chi connectivity index (χ1) is 33.8. The second-order valence-corrected chi connectivity index (χ2v) is 22.3. The SMILES string of the molecule is CCCCCCCCCCCSCCCC(=O)OCCn1c(=O)n(CCOC(=O)CCCSCCCCCCCCCCC)c(=O)n(CCOC(=O)CCCSCCCCCCCCCCC)c1=O. The first kappa shape index (κ1) is 64.9. The first-order valence-corrected chi connectivity index (χ1v) is 31.4. The second-order valence-electron chi connectivity index (χ2n) is 18.6. The van der Waals surface area contributed by atoms with Crippen LogP contribution in [0.25, 0.3) is 0 Å². The lowest BCUT2D eigenvalue weighted by Crippen LogP contribution is -2.55. The molecule has 0 spiro atoms. The third-order valence-electron chi connectivity index (χ3n) is 12.3. The smallest absolute Gasteiger partial charge is 0.336 e. The molecule has 1 aromatic heterocycles. The van der Waals surface area contributed by atoms with Crippen LogP contribution in [0.3, 0.4) is 0 Å². The van der Waals surface area contributed by atoms with Gasteiger partial charge in [0.2, 0.25) is 0 Å². The van der Waals surface area contributed by atoms with E-state index in [1.807, 2.05) is 35.3 Å². The predicted octanol–water partition coefficient (Wildman–Crippen LogP) is 12.9. The number of unbranched alkanes of at least 4 members (excludes halogenated alkanes) is 24. The van der Waals surface area contributed by atoms with Crippen LogP contribution in [0.4, 0.5) is 0 Å². The maximum absolute atomic E-state index is 13.6. The van der Waals surface area contributed by atoms with Crippen molar-refractivity contribution in [1.29, 1.82) is 0 Å². The van der Waals surface area contributed by atoms with Crippen LogP contribution in [0.15, 0.2) is 14.4 Å². The molecule has 15 heteroatoms. The molecule has 0 radical (unpaired) electrons. The Morgan fingerprint density at radius 3 is 0.754 bits per heavy atom. The van der Waals surface area contributed by atoms with E-state index >= 15 is 0 Å². The van der Waals surface area contributed by atoms with Crippen LogP contribution in [0.2, 0.25) is 0 Å². The highest BCUT2D eigenvalue weighted by Crippen LogP contribution is 2.16. The molecule has 0 N–H and O–H groups in total. The number of nitrogens with zero attached hydrogens (tertiary/aromatic N) is 3. The van der Waals surface area contributed by atoms with Crippen LogP contribution in [0.5, 0.6) is 0 Å². The Morgan fingerprint density at radius 1 is 0.319 bits per heavy atom. The minimum absolute atomic E-state index is 0.226. The number of hydrogen-bond donors (Lipinski definition) is 0. The van der Waals surface area contributed by atoms with E-state index < -0.39 is 35.0 Å².